The van der Waals surface area contributed by atoms with Gasteiger partial charge in [0.2, 0.25) is 5.91 Å². The lowest BCUT2D eigenvalue weighted by Crippen LogP contribution is -2.55. The number of nitrogens with zero attached hydrogens (tertiary/aromatic N) is 2. The van der Waals surface area contributed by atoms with Crippen LogP contribution in [0.1, 0.15) is 15.9 Å². The van der Waals surface area contributed by atoms with E-state index in [0.717, 1.165) is 37.6 Å². The molecule has 0 bridgehead atoms. The summed E-state index contributed by atoms with van der Waals surface area (Å²) in [6.45, 7) is 4.14. The van der Waals surface area contributed by atoms with Crippen molar-refractivity contribution in [2.45, 2.75) is 12.6 Å². The summed E-state index contributed by atoms with van der Waals surface area (Å²) in [5.74, 6) is 1.03. The number of hydrogen-bond acceptors (Lipinski definition) is 5. The van der Waals surface area contributed by atoms with E-state index in [1.54, 1.807) is 25.3 Å². The van der Waals surface area contributed by atoms with Gasteiger partial charge in [0.05, 0.1) is 13.2 Å². The van der Waals surface area contributed by atoms with Crippen molar-refractivity contribution in [1.29, 1.82) is 0 Å². The van der Waals surface area contributed by atoms with E-state index in [4.69, 9.17) is 15.2 Å². The van der Waals surface area contributed by atoms with Crippen molar-refractivity contribution in [2.75, 3.05) is 38.3 Å². The van der Waals surface area contributed by atoms with Gasteiger partial charge in [-0.15, -0.1) is 0 Å². The Hall–Kier alpha value is -3.51. The Balaban J connectivity index is 1.50. The first-order valence-electron chi connectivity index (χ1n) is 10.8. The van der Waals surface area contributed by atoms with E-state index < -0.39 is 5.91 Å². The second-order valence-electron chi connectivity index (χ2n) is 7.97. The number of ether oxygens (including phenoxy) is 2. The normalized spacial score (nSPS) is 16.5. The first kappa shape index (κ1) is 21.7. The average Bonchev–Trinajstić information content (AvgIpc) is 2.84. The summed E-state index contributed by atoms with van der Waals surface area (Å²) in [4.78, 5) is 16.4. The van der Waals surface area contributed by atoms with Gasteiger partial charge < -0.3 is 20.1 Å². The van der Waals surface area contributed by atoms with E-state index >= 15 is 0 Å². The molecule has 1 aliphatic heterocycles. The Morgan fingerprint density at radius 2 is 1.75 bits per heavy atom. The zero-order valence-corrected chi connectivity index (χ0v) is 18.3. The summed E-state index contributed by atoms with van der Waals surface area (Å²) in [5.41, 5.74) is 8.31. The predicted molar refractivity (Wildman–Crippen MR) is 126 cm³/mol. The Morgan fingerprint density at radius 3 is 2.47 bits per heavy atom. The van der Waals surface area contributed by atoms with Gasteiger partial charge in [0.1, 0.15) is 18.1 Å². The van der Waals surface area contributed by atoms with E-state index in [0.29, 0.717) is 17.9 Å². The standard InChI is InChI=1S/C26H29N3O3/c1-31-24-12-10-22(11-13-24)29-15-14-28(17-20-6-3-2-4-7-20)18-23(29)19-32-25-9-5-8-21(16-25)26(27)30/h2-13,16,23H,14-15,17-19H2,1H3,(H2,27,30). The maximum absolute atomic E-state index is 11.5. The second-order valence-corrected chi connectivity index (χ2v) is 7.97. The third-order valence-electron chi connectivity index (χ3n) is 5.78. The third kappa shape index (κ3) is 5.39. The van der Waals surface area contributed by atoms with Crippen LogP contribution in [0.25, 0.3) is 0 Å². The van der Waals surface area contributed by atoms with Gasteiger partial charge in [0.15, 0.2) is 0 Å². The Labute approximate surface area is 189 Å². The molecule has 1 saturated heterocycles. The van der Waals surface area contributed by atoms with Gasteiger partial charge in [-0.1, -0.05) is 36.4 Å². The number of carbonyl (C=O) groups excluding carboxylic acids is 1. The highest BCUT2D eigenvalue weighted by Crippen LogP contribution is 2.25. The van der Waals surface area contributed by atoms with Crippen LogP contribution >= 0.6 is 0 Å². The van der Waals surface area contributed by atoms with E-state index in [-0.39, 0.29) is 6.04 Å². The van der Waals surface area contributed by atoms with Gasteiger partial charge in [0, 0.05) is 37.4 Å². The Kier molecular flexibility index (Phi) is 6.92. The fourth-order valence-corrected chi connectivity index (χ4v) is 4.09. The lowest BCUT2D eigenvalue weighted by molar-refractivity contribution is 0.0999. The molecule has 3 aromatic rings. The van der Waals surface area contributed by atoms with Gasteiger partial charge in [-0.3, -0.25) is 9.69 Å². The number of nitrogens with two attached hydrogens (primary N) is 1. The second kappa shape index (κ2) is 10.2. The van der Waals surface area contributed by atoms with Crippen molar-refractivity contribution in [3.8, 4) is 11.5 Å². The molecule has 6 nitrogen and oxygen atoms in total. The van der Waals surface area contributed by atoms with Gasteiger partial charge in [-0.05, 0) is 48.0 Å². The highest BCUT2D eigenvalue weighted by atomic mass is 16.5. The minimum atomic E-state index is -0.456. The molecule has 0 aromatic heterocycles. The molecule has 2 N–H and O–H groups in total. The highest BCUT2D eigenvalue weighted by Gasteiger charge is 2.28. The first-order chi connectivity index (χ1) is 15.6. The molecule has 1 atom stereocenters. The van der Waals surface area contributed by atoms with Crippen molar-refractivity contribution in [2.24, 2.45) is 5.73 Å². The number of benzene rings is 3. The van der Waals surface area contributed by atoms with E-state index in [2.05, 4.69) is 46.2 Å². The van der Waals surface area contributed by atoms with Crippen molar-refractivity contribution < 1.29 is 14.3 Å². The summed E-state index contributed by atoms with van der Waals surface area (Å²) in [5, 5.41) is 0. The number of anilines is 1. The average molecular weight is 432 g/mol. The molecule has 6 heteroatoms. The van der Waals surface area contributed by atoms with E-state index in [1.165, 1.54) is 5.56 Å². The molecule has 3 aromatic carbocycles. The van der Waals surface area contributed by atoms with E-state index in [9.17, 15) is 4.79 Å². The molecule has 166 valence electrons. The molecule has 0 spiro atoms. The zero-order valence-electron chi connectivity index (χ0n) is 18.3. The summed E-state index contributed by atoms with van der Waals surface area (Å²) >= 11 is 0. The number of amides is 1. The number of rotatable bonds is 8. The van der Waals surface area contributed by atoms with Crippen molar-refractivity contribution in [3.63, 3.8) is 0 Å². The molecule has 32 heavy (non-hydrogen) atoms. The van der Waals surface area contributed by atoms with Crippen LogP contribution in [0.4, 0.5) is 5.69 Å². The Bertz CT molecular complexity index is 1020. The zero-order chi connectivity index (χ0) is 22.3. The van der Waals surface area contributed by atoms with Crippen molar-refractivity contribution in [3.05, 3.63) is 90.0 Å². The van der Waals surface area contributed by atoms with Crippen LogP contribution in [0.15, 0.2) is 78.9 Å². The molecule has 1 fully saturated rings. The monoisotopic (exact) mass is 431 g/mol. The molecule has 1 heterocycles. The molecule has 0 aliphatic carbocycles. The van der Waals surface area contributed by atoms with Crippen LogP contribution in [0.5, 0.6) is 11.5 Å². The quantitative estimate of drug-likeness (QED) is 0.591. The maximum Gasteiger partial charge on any atom is 0.248 e. The summed E-state index contributed by atoms with van der Waals surface area (Å²) in [6, 6.07) is 25.9. The smallest absolute Gasteiger partial charge is 0.248 e. The maximum atomic E-state index is 11.5. The largest absolute Gasteiger partial charge is 0.497 e. The van der Waals surface area contributed by atoms with Crippen LogP contribution in [0, 0.1) is 0 Å². The van der Waals surface area contributed by atoms with Crippen LogP contribution in [0.2, 0.25) is 0 Å². The fraction of sp³-hybridized carbons (Fsp3) is 0.269. The van der Waals surface area contributed by atoms with Gasteiger partial charge in [-0.25, -0.2) is 0 Å². The van der Waals surface area contributed by atoms with Gasteiger partial charge in [-0.2, -0.15) is 0 Å². The van der Waals surface area contributed by atoms with Gasteiger partial charge in [0.25, 0.3) is 0 Å². The SMILES string of the molecule is COc1ccc(N2CCN(Cc3ccccc3)CC2COc2cccc(C(N)=O)c2)cc1. The molecule has 1 amide bonds. The van der Waals surface area contributed by atoms with E-state index in [1.807, 2.05) is 24.3 Å². The van der Waals surface area contributed by atoms with Crippen molar-refractivity contribution >= 4 is 11.6 Å². The fourth-order valence-electron chi connectivity index (χ4n) is 4.09. The number of piperazine rings is 1. The molecular formula is C26H29N3O3. The topological polar surface area (TPSA) is 68.0 Å². The summed E-state index contributed by atoms with van der Waals surface area (Å²) in [6.07, 6.45) is 0. The number of methoxy groups -OCH3 is 1. The van der Waals surface area contributed by atoms with Crippen LogP contribution in [-0.2, 0) is 6.54 Å². The lowest BCUT2D eigenvalue weighted by atomic mass is 10.1. The molecule has 4 rings (SSSR count). The predicted octanol–water partition coefficient (Wildman–Crippen LogP) is 3.56. The van der Waals surface area contributed by atoms with Crippen LogP contribution < -0.4 is 20.1 Å². The first-order valence-corrected chi connectivity index (χ1v) is 10.8. The third-order valence-corrected chi connectivity index (χ3v) is 5.78. The van der Waals surface area contributed by atoms with Crippen molar-refractivity contribution in [1.82, 2.24) is 4.90 Å². The molecular weight excluding hydrogens is 402 g/mol. The molecule has 0 saturated carbocycles. The summed E-state index contributed by atoms with van der Waals surface area (Å²) < 4.78 is 11.4. The minimum absolute atomic E-state index is 0.151. The minimum Gasteiger partial charge on any atom is -0.497 e. The van der Waals surface area contributed by atoms with Gasteiger partial charge >= 0.3 is 0 Å². The number of primary amides is 1. The molecule has 0 radical (unpaired) electrons. The molecule has 1 unspecified atom stereocenters. The highest BCUT2D eigenvalue weighted by molar-refractivity contribution is 5.93. The Morgan fingerprint density at radius 1 is 0.969 bits per heavy atom. The van der Waals surface area contributed by atoms with Crippen LogP contribution in [0.3, 0.4) is 0 Å². The van der Waals surface area contributed by atoms with Crippen LogP contribution in [-0.4, -0.2) is 50.2 Å². The number of carbonyl (C=O) groups is 1. The number of hydrogen-bond donors (Lipinski definition) is 1. The lowest BCUT2D eigenvalue weighted by Gasteiger charge is -2.42. The molecule has 1 aliphatic rings. The summed E-state index contributed by atoms with van der Waals surface area (Å²) in [7, 11) is 1.67.